The minimum absolute atomic E-state index is 0.0379. The maximum atomic E-state index is 12.9. The summed E-state index contributed by atoms with van der Waals surface area (Å²) >= 11 is 0. The van der Waals surface area contributed by atoms with Gasteiger partial charge in [0.05, 0.1) is 6.10 Å². The molecule has 2 aliphatic rings. The molecule has 5 rings (SSSR count). The minimum atomic E-state index is -1.19. The molecular formula is C25H24N4O6. The Labute approximate surface area is 200 Å². The van der Waals surface area contributed by atoms with Gasteiger partial charge in [0.15, 0.2) is 5.82 Å². The van der Waals surface area contributed by atoms with Crippen LogP contribution in [-0.2, 0) is 16.6 Å². The van der Waals surface area contributed by atoms with Crippen molar-refractivity contribution in [1.29, 1.82) is 0 Å². The molecule has 0 radical (unpaired) electrons. The minimum Gasteiger partial charge on any atom is -0.480 e. The van der Waals surface area contributed by atoms with E-state index in [0.29, 0.717) is 0 Å². The molecule has 2 heterocycles. The molecule has 2 amide bonds. The zero-order valence-corrected chi connectivity index (χ0v) is 18.9. The van der Waals surface area contributed by atoms with E-state index in [1.165, 1.54) is 17.8 Å². The molecule has 180 valence electrons. The number of aromatic nitrogens is 2. The first kappa shape index (κ1) is 22.6. The standard InChI is InChI=1S/C25H24N4O6/c1-28-20(23(31)29-12-14(30)10-21(29)24(32)33)11-22(27-28)26-25(34)35-13-19-17-8-4-2-6-15(17)16-7-3-5-9-18(16)19/h2-9,11,14,19,21,30H,10,12-13H2,1H3,(H,32,33)(H,26,27,34)/t14?,21-/m0/s1. The van der Waals surface area contributed by atoms with Gasteiger partial charge in [0.1, 0.15) is 18.3 Å². The number of hydrogen-bond acceptors (Lipinski definition) is 6. The van der Waals surface area contributed by atoms with Crippen molar-refractivity contribution in [2.75, 3.05) is 18.5 Å². The van der Waals surface area contributed by atoms with Gasteiger partial charge >= 0.3 is 12.1 Å². The van der Waals surface area contributed by atoms with E-state index in [4.69, 9.17) is 4.74 Å². The molecule has 3 N–H and O–H groups in total. The molecule has 10 nitrogen and oxygen atoms in total. The molecule has 1 aliphatic heterocycles. The average molecular weight is 476 g/mol. The van der Waals surface area contributed by atoms with Crippen LogP contribution in [0, 0.1) is 0 Å². The fraction of sp³-hybridized carbons (Fsp3) is 0.280. The molecular weight excluding hydrogens is 452 g/mol. The SMILES string of the molecule is Cn1nc(NC(=O)OCC2c3ccccc3-c3ccccc32)cc1C(=O)N1CC(O)C[C@H]1C(=O)O. The van der Waals surface area contributed by atoms with Gasteiger partial charge in [0.2, 0.25) is 0 Å². The number of carboxylic acids is 1. The number of aliphatic carboxylic acids is 1. The third-order valence-electron chi connectivity index (χ3n) is 6.50. The number of carbonyl (C=O) groups is 3. The van der Waals surface area contributed by atoms with Crippen molar-refractivity contribution in [3.8, 4) is 11.1 Å². The first-order valence-corrected chi connectivity index (χ1v) is 11.2. The molecule has 1 aromatic heterocycles. The maximum absolute atomic E-state index is 12.9. The van der Waals surface area contributed by atoms with E-state index in [0.717, 1.165) is 27.2 Å². The summed E-state index contributed by atoms with van der Waals surface area (Å²) < 4.78 is 6.77. The molecule has 2 atom stereocenters. The van der Waals surface area contributed by atoms with Crippen LogP contribution in [0.4, 0.5) is 10.6 Å². The van der Waals surface area contributed by atoms with Gasteiger partial charge in [0.25, 0.3) is 5.91 Å². The Bertz CT molecular complexity index is 1270. The van der Waals surface area contributed by atoms with E-state index in [2.05, 4.69) is 22.5 Å². The Morgan fingerprint density at radius 3 is 2.34 bits per heavy atom. The lowest BCUT2D eigenvalue weighted by Gasteiger charge is -2.20. The molecule has 3 aromatic rings. The van der Waals surface area contributed by atoms with Crippen LogP contribution in [0.15, 0.2) is 54.6 Å². The fourth-order valence-corrected chi connectivity index (χ4v) is 4.89. The first-order chi connectivity index (χ1) is 16.8. The number of rotatable bonds is 5. The van der Waals surface area contributed by atoms with Gasteiger partial charge in [-0.2, -0.15) is 5.10 Å². The Morgan fingerprint density at radius 1 is 1.09 bits per heavy atom. The van der Waals surface area contributed by atoms with Crippen molar-refractivity contribution in [3.05, 3.63) is 71.4 Å². The van der Waals surface area contributed by atoms with Crippen molar-refractivity contribution in [2.24, 2.45) is 7.05 Å². The fourth-order valence-electron chi connectivity index (χ4n) is 4.89. The first-order valence-electron chi connectivity index (χ1n) is 11.2. The highest BCUT2D eigenvalue weighted by Gasteiger charge is 2.40. The number of nitrogens with one attached hydrogen (secondary N) is 1. The smallest absolute Gasteiger partial charge is 0.412 e. The number of aliphatic hydroxyl groups is 1. The van der Waals surface area contributed by atoms with E-state index >= 15 is 0 Å². The zero-order valence-electron chi connectivity index (χ0n) is 18.9. The largest absolute Gasteiger partial charge is 0.480 e. The lowest BCUT2D eigenvalue weighted by molar-refractivity contribution is -0.141. The molecule has 0 bridgehead atoms. The second-order valence-corrected chi connectivity index (χ2v) is 8.69. The summed E-state index contributed by atoms with van der Waals surface area (Å²) in [6.45, 7) is 0.0422. The number of fused-ring (bicyclic) bond motifs is 3. The Morgan fingerprint density at radius 2 is 1.71 bits per heavy atom. The summed E-state index contributed by atoms with van der Waals surface area (Å²) in [6, 6.07) is 16.3. The van der Waals surface area contributed by atoms with Crippen LogP contribution in [0.1, 0.15) is 34.0 Å². The lowest BCUT2D eigenvalue weighted by atomic mass is 9.98. The highest BCUT2D eigenvalue weighted by molar-refractivity contribution is 5.97. The van der Waals surface area contributed by atoms with Crippen LogP contribution >= 0.6 is 0 Å². The molecule has 0 spiro atoms. The van der Waals surface area contributed by atoms with Crippen molar-refractivity contribution < 1.29 is 29.3 Å². The summed E-state index contributed by atoms with van der Waals surface area (Å²) in [4.78, 5) is 38.0. The Hall–Kier alpha value is -4.18. The van der Waals surface area contributed by atoms with Crippen LogP contribution in [0.5, 0.6) is 0 Å². The molecule has 1 saturated heterocycles. The van der Waals surface area contributed by atoms with Crippen molar-refractivity contribution in [2.45, 2.75) is 24.5 Å². The van der Waals surface area contributed by atoms with Crippen molar-refractivity contribution in [3.63, 3.8) is 0 Å². The quantitative estimate of drug-likeness (QED) is 0.515. The number of likely N-dealkylation sites (tertiary alicyclic amines) is 1. The molecule has 35 heavy (non-hydrogen) atoms. The summed E-state index contributed by atoms with van der Waals surface area (Å²) in [5.41, 5.74) is 4.51. The molecule has 10 heteroatoms. The van der Waals surface area contributed by atoms with Gasteiger partial charge in [-0.05, 0) is 22.3 Å². The predicted molar refractivity (Wildman–Crippen MR) is 125 cm³/mol. The Balaban J connectivity index is 1.26. The van der Waals surface area contributed by atoms with Gasteiger partial charge in [-0.25, -0.2) is 9.59 Å². The number of nitrogens with zero attached hydrogens (tertiary/aromatic N) is 3. The van der Waals surface area contributed by atoms with Gasteiger partial charge < -0.3 is 19.8 Å². The second kappa shape index (κ2) is 8.88. The van der Waals surface area contributed by atoms with Crippen LogP contribution in [0.3, 0.4) is 0 Å². The average Bonchev–Trinajstić information content (AvgIpc) is 3.50. The number of amides is 2. The van der Waals surface area contributed by atoms with Crippen LogP contribution in [0.25, 0.3) is 11.1 Å². The Kier molecular flexibility index (Phi) is 5.73. The third-order valence-corrected chi connectivity index (χ3v) is 6.50. The van der Waals surface area contributed by atoms with Gasteiger partial charge in [-0.1, -0.05) is 48.5 Å². The summed E-state index contributed by atoms with van der Waals surface area (Å²) in [6.07, 6.45) is -1.67. The van der Waals surface area contributed by atoms with E-state index in [-0.39, 0.29) is 37.0 Å². The molecule has 2 aromatic carbocycles. The molecule has 1 unspecified atom stereocenters. The maximum Gasteiger partial charge on any atom is 0.412 e. The van der Waals surface area contributed by atoms with Gasteiger partial charge in [-0.3, -0.25) is 14.8 Å². The number of aryl methyl sites for hydroxylation is 1. The summed E-state index contributed by atoms with van der Waals surface area (Å²) in [5.74, 6) is -1.78. The number of benzene rings is 2. The van der Waals surface area contributed by atoms with Gasteiger partial charge in [0, 0.05) is 32.0 Å². The van der Waals surface area contributed by atoms with Crippen LogP contribution < -0.4 is 5.32 Å². The van der Waals surface area contributed by atoms with Crippen LogP contribution in [-0.4, -0.2) is 68.2 Å². The summed E-state index contributed by atoms with van der Waals surface area (Å²) in [7, 11) is 1.51. The third kappa shape index (κ3) is 4.12. The second-order valence-electron chi connectivity index (χ2n) is 8.69. The monoisotopic (exact) mass is 476 g/mol. The zero-order chi connectivity index (χ0) is 24.7. The topological polar surface area (TPSA) is 134 Å². The number of carbonyl (C=O) groups excluding carboxylic acids is 2. The van der Waals surface area contributed by atoms with E-state index in [1.807, 2.05) is 36.4 Å². The number of carboxylic acid groups (broad SMARTS) is 1. The normalized spacial score (nSPS) is 18.7. The van der Waals surface area contributed by atoms with E-state index in [9.17, 15) is 24.6 Å². The van der Waals surface area contributed by atoms with Crippen molar-refractivity contribution >= 4 is 23.8 Å². The lowest BCUT2D eigenvalue weighted by Crippen LogP contribution is -2.41. The number of aliphatic hydroxyl groups excluding tert-OH is 1. The highest BCUT2D eigenvalue weighted by Crippen LogP contribution is 2.44. The van der Waals surface area contributed by atoms with Crippen LogP contribution in [0.2, 0.25) is 0 Å². The number of β-amino-alcohol motifs (C(OH)–C–C–N with tert-alkyl or cyclic N) is 1. The molecule has 0 saturated carbocycles. The highest BCUT2D eigenvalue weighted by atomic mass is 16.5. The van der Waals surface area contributed by atoms with Crippen molar-refractivity contribution in [1.82, 2.24) is 14.7 Å². The number of anilines is 1. The predicted octanol–water partition coefficient (Wildman–Crippen LogP) is 2.44. The van der Waals surface area contributed by atoms with Gasteiger partial charge in [-0.15, -0.1) is 0 Å². The molecule has 1 fully saturated rings. The van der Waals surface area contributed by atoms with E-state index in [1.54, 1.807) is 0 Å². The molecule has 1 aliphatic carbocycles. The summed E-state index contributed by atoms with van der Waals surface area (Å²) in [5, 5.41) is 25.9. The number of ether oxygens (including phenoxy) is 1. The van der Waals surface area contributed by atoms with E-state index < -0.39 is 30.1 Å². The number of hydrogen-bond donors (Lipinski definition) is 3.